The fourth-order valence-electron chi connectivity index (χ4n) is 3.30. The minimum atomic E-state index is -0.0176. The average Bonchev–Trinajstić information content (AvgIpc) is 3.30. The first-order chi connectivity index (χ1) is 13.6. The lowest BCUT2D eigenvalue weighted by atomic mass is 10.1. The quantitative estimate of drug-likeness (QED) is 0.532. The Labute approximate surface area is 168 Å². The van der Waals surface area contributed by atoms with Gasteiger partial charge in [0.1, 0.15) is 10.7 Å². The van der Waals surface area contributed by atoms with Gasteiger partial charge in [-0.2, -0.15) is 0 Å². The van der Waals surface area contributed by atoms with Crippen LogP contribution in [-0.4, -0.2) is 20.4 Å². The van der Waals surface area contributed by atoms with E-state index in [1.807, 2.05) is 42.8 Å². The molecule has 0 aliphatic rings. The van der Waals surface area contributed by atoms with Crippen molar-refractivity contribution >= 4 is 28.3 Å². The third-order valence-corrected chi connectivity index (χ3v) is 5.59. The largest absolute Gasteiger partial charge is 0.352 e. The summed E-state index contributed by atoms with van der Waals surface area (Å²) in [6, 6.07) is 12.2. The number of hydrogen-bond donors (Lipinski definition) is 1. The molecule has 5 nitrogen and oxygen atoms in total. The van der Waals surface area contributed by atoms with Gasteiger partial charge < -0.3 is 9.88 Å². The molecule has 0 spiro atoms. The molecule has 1 aromatic carbocycles. The van der Waals surface area contributed by atoms with E-state index in [4.69, 9.17) is 4.98 Å². The number of aryl methyl sites for hydroxylation is 2. The van der Waals surface area contributed by atoms with Crippen molar-refractivity contribution in [3.05, 3.63) is 71.0 Å². The number of amides is 1. The number of aromatic nitrogens is 3. The minimum absolute atomic E-state index is 0.0176. The monoisotopic (exact) mass is 390 g/mol. The van der Waals surface area contributed by atoms with Crippen LogP contribution in [0.3, 0.4) is 0 Å². The predicted molar refractivity (Wildman–Crippen MR) is 113 cm³/mol. The Morgan fingerprint density at radius 1 is 1.25 bits per heavy atom. The molecule has 0 saturated carbocycles. The summed E-state index contributed by atoms with van der Waals surface area (Å²) in [6.45, 7) is 5.54. The number of carbonyl (C=O) groups excluding carboxylic acids is 1. The first kappa shape index (κ1) is 18.4. The zero-order chi connectivity index (χ0) is 19.5. The van der Waals surface area contributed by atoms with Crippen molar-refractivity contribution in [3.63, 3.8) is 0 Å². The number of hydrogen-bond acceptors (Lipinski definition) is 4. The highest BCUT2D eigenvalue weighted by Crippen LogP contribution is 2.31. The minimum Gasteiger partial charge on any atom is -0.352 e. The highest BCUT2D eigenvalue weighted by molar-refractivity contribution is 7.13. The number of rotatable bonds is 6. The van der Waals surface area contributed by atoms with Crippen LogP contribution in [0.5, 0.6) is 0 Å². The highest BCUT2D eigenvalue weighted by Gasteiger charge is 2.14. The van der Waals surface area contributed by atoms with Gasteiger partial charge in [-0.25, -0.2) is 9.97 Å². The van der Waals surface area contributed by atoms with E-state index < -0.39 is 0 Å². The maximum Gasteiger partial charge on any atom is 0.226 e. The van der Waals surface area contributed by atoms with Gasteiger partial charge in [-0.1, -0.05) is 29.8 Å². The topological polar surface area (TPSA) is 59.8 Å². The van der Waals surface area contributed by atoms with Crippen molar-refractivity contribution in [2.75, 3.05) is 0 Å². The van der Waals surface area contributed by atoms with Gasteiger partial charge in [0.05, 0.1) is 12.1 Å². The summed E-state index contributed by atoms with van der Waals surface area (Å²) in [5, 5.41) is 6.96. The van der Waals surface area contributed by atoms with Gasteiger partial charge in [0.2, 0.25) is 5.91 Å². The second kappa shape index (κ2) is 7.94. The zero-order valence-electron chi connectivity index (χ0n) is 16.0. The fraction of sp³-hybridized carbons (Fsp3) is 0.227. The third-order valence-electron chi connectivity index (χ3n) is 4.67. The number of fused-ring (bicyclic) bond motifs is 1. The van der Waals surface area contributed by atoms with Crippen molar-refractivity contribution in [1.82, 2.24) is 19.9 Å². The average molecular weight is 391 g/mol. The molecule has 6 heteroatoms. The van der Waals surface area contributed by atoms with Gasteiger partial charge in [-0.15, -0.1) is 11.3 Å². The van der Waals surface area contributed by atoms with Crippen LogP contribution < -0.4 is 5.32 Å². The Morgan fingerprint density at radius 3 is 2.96 bits per heavy atom. The Bertz CT molecular complexity index is 1130. The van der Waals surface area contributed by atoms with E-state index >= 15 is 0 Å². The molecular formula is C22H22N4OS. The lowest BCUT2D eigenvalue weighted by Gasteiger charge is -2.05. The molecule has 4 rings (SSSR count). The summed E-state index contributed by atoms with van der Waals surface area (Å²) < 4.78 is 2.13. The molecular weight excluding hydrogens is 368 g/mol. The highest BCUT2D eigenvalue weighted by atomic mass is 32.1. The zero-order valence-corrected chi connectivity index (χ0v) is 16.8. The fourth-order valence-corrected chi connectivity index (χ4v) is 4.14. The van der Waals surface area contributed by atoms with Crippen LogP contribution >= 0.6 is 11.3 Å². The molecule has 28 heavy (non-hydrogen) atoms. The molecule has 3 heterocycles. The Kier molecular flexibility index (Phi) is 5.21. The van der Waals surface area contributed by atoms with E-state index in [0.29, 0.717) is 6.54 Å². The SMILES string of the molecule is CCn1cc(-c2nc(CC(=O)NCc3cccc(C)c3)cs2)c2cccnc21. The van der Waals surface area contributed by atoms with E-state index in [9.17, 15) is 4.79 Å². The normalized spacial score (nSPS) is 11.1. The molecule has 1 N–H and O–H groups in total. The Hall–Kier alpha value is -2.99. The molecule has 0 atom stereocenters. The second-order valence-electron chi connectivity index (χ2n) is 6.79. The summed E-state index contributed by atoms with van der Waals surface area (Å²) in [4.78, 5) is 21.5. The first-order valence-corrected chi connectivity index (χ1v) is 10.2. The van der Waals surface area contributed by atoms with Crippen LogP contribution in [0.4, 0.5) is 0 Å². The van der Waals surface area contributed by atoms with Crippen LogP contribution in [0, 0.1) is 6.92 Å². The molecule has 4 aromatic rings. The molecule has 0 unspecified atom stereocenters. The van der Waals surface area contributed by atoms with Crippen LogP contribution in [0.1, 0.15) is 23.7 Å². The lowest BCUT2D eigenvalue weighted by molar-refractivity contribution is -0.120. The molecule has 0 aliphatic heterocycles. The lowest BCUT2D eigenvalue weighted by Crippen LogP contribution is -2.24. The van der Waals surface area contributed by atoms with E-state index in [1.165, 1.54) is 5.56 Å². The Balaban J connectivity index is 1.47. The second-order valence-corrected chi connectivity index (χ2v) is 7.65. The molecule has 142 valence electrons. The molecule has 3 aromatic heterocycles. The maximum atomic E-state index is 12.3. The number of thiazole rings is 1. The maximum absolute atomic E-state index is 12.3. The molecule has 0 saturated heterocycles. The van der Waals surface area contributed by atoms with Crippen molar-refractivity contribution < 1.29 is 4.79 Å². The van der Waals surface area contributed by atoms with Gasteiger partial charge in [0, 0.05) is 41.8 Å². The molecule has 0 aliphatic carbocycles. The van der Waals surface area contributed by atoms with E-state index in [0.717, 1.165) is 39.4 Å². The van der Waals surface area contributed by atoms with Crippen molar-refractivity contribution in [1.29, 1.82) is 0 Å². The van der Waals surface area contributed by atoms with Crippen LogP contribution in [0.2, 0.25) is 0 Å². The molecule has 0 radical (unpaired) electrons. The number of nitrogens with zero attached hydrogens (tertiary/aromatic N) is 3. The van der Waals surface area contributed by atoms with E-state index in [1.54, 1.807) is 11.3 Å². The third kappa shape index (κ3) is 3.82. The number of benzene rings is 1. The van der Waals surface area contributed by atoms with Crippen LogP contribution in [-0.2, 0) is 24.3 Å². The molecule has 0 bridgehead atoms. The van der Waals surface area contributed by atoms with Crippen molar-refractivity contribution in [2.45, 2.75) is 33.4 Å². The molecule has 0 fully saturated rings. The van der Waals surface area contributed by atoms with Gasteiger partial charge in [0.25, 0.3) is 0 Å². The number of nitrogens with one attached hydrogen (secondary N) is 1. The standard InChI is InChI=1S/C22H22N4OS/c1-3-26-13-19(18-8-5-9-23-21(18)26)22-25-17(14-28-22)11-20(27)24-12-16-7-4-6-15(2)10-16/h4-10,13-14H,3,11-12H2,1-2H3,(H,24,27). The van der Waals surface area contributed by atoms with Gasteiger partial charge >= 0.3 is 0 Å². The van der Waals surface area contributed by atoms with Crippen LogP contribution in [0.15, 0.2) is 54.2 Å². The summed E-state index contributed by atoms with van der Waals surface area (Å²) in [5.41, 5.74) is 5.13. The first-order valence-electron chi connectivity index (χ1n) is 9.35. The summed E-state index contributed by atoms with van der Waals surface area (Å²) in [5.74, 6) is -0.0176. The van der Waals surface area contributed by atoms with Crippen molar-refractivity contribution in [2.24, 2.45) is 0 Å². The van der Waals surface area contributed by atoms with Crippen molar-refractivity contribution in [3.8, 4) is 10.6 Å². The van der Waals surface area contributed by atoms with Gasteiger partial charge in [0.15, 0.2) is 0 Å². The smallest absolute Gasteiger partial charge is 0.226 e. The predicted octanol–water partition coefficient (Wildman–Crippen LogP) is 4.35. The summed E-state index contributed by atoms with van der Waals surface area (Å²) in [6.07, 6.45) is 4.19. The van der Waals surface area contributed by atoms with Crippen LogP contribution in [0.25, 0.3) is 21.6 Å². The summed E-state index contributed by atoms with van der Waals surface area (Å²) in [7, 11) is 0. The molecule has 1 amide bonds. The van der Waals surface area contributed by atoms with Gasteiger partial charge in [-0.05, 0) is 31.5 Å². The van der Waals surface area contributed by atoms with E-state index in [-0.39, 0.29) is 12.3 Å². The Morgan fingerprint density at radius 2 is 2.14 bits per heavy atom. The number of pyridine rings is 1. The van der Waals surface area contributed by atoms with E-state index in [2.05, 4.69) is 40.1 Å². The van der Waals surface area contributed by atoms with Gasteiger partial charge in [-0.3, -0.25) is 4.79 Å². The number of carbonyl (C=O) groups is 1. The summed E-state index contributed by atoms with van der Waals surface area (Å²) >= 11 is 1.57.